The fourth-order valence-corrected chi connectivity index (χ4v) is 2.37. The summed E-state index contributed by atoms with van der Waals surface area (Å²) >= 11 is 5.97. The Kier molecular flexibility index (Phi) is 5.53. The van der Waals surface area contributed by atoms with E-state index in [-0.39, 0.29) is 18.4 Å². The predicted octanol–water partition coefficient (Wildman–Crippen LogP) is 3.03. The smallest absolute Gasteiger partial charge is 0.252 e. The molecule has 2 aromatic rings. The molecule has 1 aromatic carbocycles. The first-order valence-electron chi connectivity index (χ1n) is 7.06. The Hall–Kier alpha value is -1.65. The zero-order chi connectivity index (χ0) is 15.2. The molecule has 0 aliphatic heterocycles. The molecular formula is C16H19ClN2O2. The topological polar surface area (TPSA) is 62.2 Å². The first kappa shape index (κ1) is 15.7. The highest BCUT2D eigenvalue weighted by atomic mass is 35.5. The molecule has 1 aromatic heterocycles. The number of aliphatic hydroxyl groups excluding tert-OH is 1. The number of pyridine rings is 1. The minimum atomic E-state index is -0.146. The molecule has 0 bridgehead atoms. The third kappa shape index (κ3) is 4.16. The second kappa shape index (κ2) is 7.38. The van der Waals surface area contributed by atoms with Gasteiger partial charge in [-0.25, -0.2) is 4.98 Å². The molecule has 2 rings (SSSR count). The van der Waals surface area contributed by atoms with E-state index in [1.165, 1.54) is 0 Å². The monoisotopic (exact) mass is 306 g/mol. The molecule has 112 valence electrons. The standard InChI is InChI=1S/C16H19ClN2O2/c1-11(10-20)5-4-8-18-16(21)13-9-15(17)19-14-7-3-2-6-12(13)14/h2-3,6-7,9,11,20H,4-5,8,10H2,1H3,(H,18,21). The summed E-state index contributed by atoms with van der Waals surface area (Å²) in [6, 6.07) is 9.03. The van der Waals surface area contributed by atoms with E-state index in [4.69, 9.17) is 16.7 Å². The van der Waals surface area contributed by atoms with E-state index in [2.05, 4.69) is 10.3 Å². The van der Waals surface area contributed by atoms with Gasteiger partial charge in [0.2, 0.25) is 0 Å². The molecule has 0 saturated carbocycles. The van der Waals surface area contributed by atoms with Crippen LogP contribution in [-0.2, 0) is 0 Å². The van der Waals surface area contributed by atoms with Crippen molar-refractivity contribution in [2.24, 2.45) is 5.92 Å². The number of halogens is 1. The van der Waals surface area contributed by atoms with E-state index in [0.717, 1.165) is 18.2 Å². The van der Waals surface area contributed by atoms with E-state index >= 15 is 0 Å². The Balaban J connectivity index is 2.06. The van der Waals surface area contributed by atoms with Crippen LogP contribution in [0, 0.1) is 5.92 Å². The number of benzene rings is 1. The number of nitrogens with zero attached hydrogens (tertiary/aromatic N) is 1. The Labute approximate surface area is 129 Å². The van der Waals surface area contributed by atoms with Crippen molar-refractivity contribution >= 4 is 28.4 Å². The number of hydrogen-bond donors (Lipinski definition) is 2. The molecule has 0 fully saturated rings. The number of amides is 1. The number of aromatic nitrogens is 1. The van der Waals surface area contributed by atoms with E-state index in [9.17, 15) is 4.79 Å². The van der Waals surface area contributed by atoms with Gasteiger partial charge in [0.05, 0.1) is 11.1 Å². The van der Waals surface area contributed by atoms with Crippen molar-refractivity contribution in [3.05, 3.63) is 41.0 Å². The number of aliphatic hydroxyl groups is 1. The second-order valence-corrected chi connectivity index (χ2v) is 5.58. The van der Waals surface area contributed by atoms with Crippen LogP contribution in [0.25, 0.3) is 10.9 Å². The van der Waals surface area contributed by atoms with Crippen LogP contribution in [0.5, 0.6) is 0 Å². The van der Waals surface area contributed by atoms with Gasteiger partial charge in [-0.05, 0) is 30.9 Å². The van der Waals surface area contributed by atoms with E-state index in [1.807, 2.05) is 31.2 Å². The van der Waals surface area contributed by atoms with Gasteiger partial charge in [0, 0.05) is 18.5 Å². The SMILES string of the molecule is CC(CO)CCCNC(=O)c1cc(Cl)nc2ccccc12. The van der Waals surface area contributed by atoms with Gasteiger partial charge in [0.25, 0.3) is 5.91 Å². The molecule has 0 aliphatic rings. The highest BCUT2D eigenvalue weighted by molar-refractivity contribution is 6.30. The summed E-state index contributed by atoms with van der Waals surface area (Å²) in [6.07, 6.45) is 1.72. The Morgan fingerprint density at radius 3 is 2.95 bits per heavy atom. The average molecular weight is 307 g/mol. The molecule has 5 heteroatoms. The minimum absolute atomic E-state index is 0.146. The van der Waals surface area contributed by atoms with Gasteiger partial charge >= 0.3 is 0 Å². The lowest BCUT2D eigenvalue weighted by Crippen LogP contribution is -2.25. The van der Waals surface area contributed by atoms with Gasteiger partial charge in [-0.1, -0.05) is 36.7 Å². The fourth-order valence-electron chi connectivity index (χ4n) is 2.17. The van der Waals surface area contributed by atoms with Gasteiger partial charge in [-0.15, -0.1) is 0 Å². The maximum absolute atomic E-state index is 12.3. The maximum atomic E-state index is 12.3. The van der Waals surface area contributed by atoms with Crippen LogP contribution in [0.1, 0.15) is 30.1 Å². The number of nitrogens with one attached hydrogen (secondary N) is 1. The average Bonchev–Trinajstić information content (AvgIpc) is 2.50. The number of hydrogen-bond acceptors (Lipinski definition) is 3. The number of fused-ring (bicyclic) bond motifs is 1. The Morgan fingerprint density at radius 1 is 1.43 bits per heavy atom. The highest BCUT2D eigenvalue weighted by Crippen LogP contribution is 2.20. The zero-order valence-electron chi connectivity index (χ0n) is 12.0. The molecule has 0 saturated heterocycles. The molecule has 4 nitrogen and oxygen atoms in total. The number of carbonyl (C=O) groups is 1. The van der Waals surface area contributed by atoms with Gasteiger partial charge in [-0.3, -0.25) is 4.79 Å². The third-order valence-electron chi connectivity index (χ3n) is 3.40. The van der Waals surface area contributed by atoms with E-state index < -0.39 is 0 Å². The molecule has 0 spiro atoms. The van der Waals surface area contributed by atoms with Crippen LogP contribution in [0.2, 0.25) is 5.15 Å². The summed E-state index contributed by atoms with van der Waals surface area (Å²) in [5.74, 6) is 0.116. The molecule has 0 aliphatic carbocycles. The molecule has 21 heavy (non-hydrogen) atoms. The van der Waals surface area contributed by atoms with Crippen molar-refractivity contribution in [3.8, 4) is 0 Å². The third-order valence-corrected chi connectivity index (χ3v) is 3.59. The lowest BCUT2D eigenvalue weighted by atomic mass is 10.1. The molecule has 1 amide bonds. The van der Waals surface area contributed by atoms with Crippen LogP contribution in [0.4, 0.5) is 0 Å². The molecule has 1 atom stereocenters. The summed E-state index contributed by atoms with van der Waals surface area (Å²) in [7, 11) is 0. The van der Waals surface area contributed by atoms with Crippen LogP contribution in [0.3, 0.4) is 0 Å². The lowest BCUT2D eigenvalue weighted by Gasteiger charge is -2.10. The van der Waals surface area contributed by atoms with Gasteiger partial charge in [0.15, 0.2) is 0 Å². The predicted molar refractivity (Wildman–Crippen MR) is 84.6 cm³/mol. The van der Waals surface area contributed by atoms with Crippen molar-refractivity contribution in [2.45, 2.75) is 19.8 Å². The normalized spacial score (nSPS) is 12.3. The number of para-hydroxylation sites is 1. The zero-order valence-corrected chi connectivity index (χ0v) is 12.7. The van der Waals surface area contributed by atoms with Crippen LogP contribution >= 0.6 is 11.6 Å². The fraction of sp³-hybridized carbons (Fsp3) is 0.375. The van der Waals surface area contributed by atoms with Gasteiger partial charge < -0.3 is 10.4 Å². The first-order chi connectivity index (χ1) is 10.1. The molecular weight excluding hydrogens is 288 g/mol. The number of carbonyl (C=O) groups excluding carboxylic acids is 1. The van der Waals surface area contributed by atoms with Crippen LogP contribution < -0.4 is 5.32 Å². The first-order valence-corrected chi connectivity index (χ1v) is 7.44. The van der Waals surface area contributed by atoms with Gasteiger partial charge in [-0.2, -0.15) is 0 Å². The molecule has 1 unspecified atom stereocenters. The summed E-state index contributed by atoms with van der Waals surface area (Å²) in [5.41, 5.74) is 1.25. The molecule has 0 radical (unpaired) electrons. The molecule has 1 heterocycles. The van der Waals surface area contributed by atoms with Crippen molar-refractivity contribution in [3.63, 3.8) is 0 Å². The van der Waals surface area contributed by atoms with Gasteiger partial charge in [0.1, 0.15) is 5.15 Å². The molecule has 2 N–H and O–H groups in total. The summed E-state index contributed by atoms with van der Waals surface area (Å²) in [5, 5.41) is 13.0. The van der Waals surface area contributed by atoms with Crippen molar-refractivity contribution in [1.29, 1.82) is 0 Å². The van der Waals surface area contributed by atoms with Crippen LogP contribution in [-0.4, -0.2) is 29.1 Å². The minimum Gasteiger partial charge on any atom is -0.396 e. The summed E-state index contributed by atoms with van der Waals surface area (Å²) in [4.78, 5) is 16.5. The van der Waals surface area contributed by atoms with Crippen molar-refractivity contribution < 1.29 is 9.90 Å². The van der Waals surface area contributed by atoms with Crippen molar-refractivity contribution in [1.82, 2.24) is 10.3 Å². The van der Waals surface area contributed by atoms with E-state index in [1.54, 1.807) is 6.07 Å². The Morgan fingerprint density at radius 2 is 2.19 bits per heavy atom. The van der Waals surface area contributed by atoms with E-state index in [0.29, 0.717) is 22.8 Å². The van der Waals surface area contributed by atoms with Crippen LogP contribution in [0.15, 0.2) is 30.3 Å². The number of rotatable bonds is 6. The maximum Gasteiger partial charge on any atom is 0.252 e. The summed E-state index contributed by atoms with van der Waals surface area (Å²) < 4.78 is 0. The van der Waals surface area contributed by atoms with Crippen molar-refractivity contribution in [2.75, 3.05) is 13.2 Å². The Bertz CT molecular complexity index is 631. The summed E-state index contributed by atoms with van der Waals surface area (Å²) in [6.45, 7) is 2.74. The highest BCUT2D eigenvalue weighted by Gasteiger charge is 2.12. The quantitative estimate of drug-likeness (QED) is 0.637. The second-order valence-electron chi connectivity index (χ2n) is 5.20. The largest absolute Gasteiger partial charge is 0.396 e. The lowest BCUT2D eigenvalue weighted by molar-refractivity contribution is 0.0953.